The topological polar surface area (TPSA) is 107 Å². The molecule has 2 aromatic rings. The first-order valence-corrected chi connectivity index (χ1v) is 13.7. The van der Waals surface area contributed by atoms with Crippen LogP contribution in [0.3, 0.4) is 0 Å². The van der Waals surface area contributed by atoms with Gasteiger partial charge in [0.05, 0.1) is 26.7 Å². The summed E-state index contributed by atoms with van der Waals surface area (Å²) in [6.07, 6.45) is 2.20. The largest absolute Gasteiger partial charge is 0.336 e. The Kier molecular flexibility index (Phi) is 5.86. The molecule has 0 aromatic heterocycles. The van der Waals surface area contributed by atoms with Gasteiger partial charge in [0.15, 0.2) is 9.84 Å². The maximum atomic E-state index is 13.9. The van der Waals surface area contributed by atoms with Crippen LogP contribution in [-0.2, 0) is 24.8 Å². The standard InChI is InChI=1S/C25H23Cl2N3O4S/c26-17-7-5-16(6-8-17)25(11-12-25)23(32)30-14-18(35(33,34)21-4-2-1-3-19(21)27)13-20(30)22(31)29-24(15-28)9-10-24/h1-8,18,20H,9-14H2,(H,29,31)/t18-,20+/m1/s1. The molecule has 2 atom stereocenters. The second-order valence-electron chi connectivity index (χ2n) is 9.58. The molecule has 0 radical (unpaired) electrons. The Morgan fingerprint density at radius 1 is 1.03 bits per heavy atom. The van der Waals surface area contributed by atoms with Crippen LogP contribution in [0.4, 0.5) is 0 Å². The second kappa shape index (κ2) is 8.51. The molecule has 7 nitrogen and oxygen atoms in total. The van der Waals surface area contributed by atoms with Gasteiger partial charge < -0.3 is 10.2 Å². The van der Waals surface area contributed by atoms with Gasteiger partial charge in [0, 0.05) is 11.6 Å². The lowest BCUT2D eigenvalue weighted by molar-refractivity contribution is -0.140. The molecule has 2 aromatic carbocycles. The summed E-state index contributed by atoms with van der Waals surface area (Å²) in [4.78, 5) is 28.5. The van der Waals surface area contributed by atoms with E-state index in [0.29, 0.717) is 30.7 Å². The molecule has 0 bridgehead atoms. The van der Waals surface area contributed by atoms with Crippen molar-refractivity contribution in [2.45, 2.75) is 59.2 Å². The smallest absolute Gasteiger partial charge is 0.244 e. The fourth-order valence-corrected chi connectivity index (χ4v) is 7.20. The summed E-state index contributed by atoms with van der Waals surface area (Å²) in [6.45, 7) is -0.126. The Morgan fingerprint density at radius 2 is 1.69 bits per heavy atom. The van der Waals surface area contributed by atoms with Gasteiger partial charge in [-0.15, -0.1) is 0 Å². The van der Waals surface area contributed by atoms with Gasteiger partial charge in [-0.3, -0.25) is 9.59 Å². The number of hydrogen-bond acceptors (Lipinski definition) is 5. The summed E-state index contributed by atoms with van der Waals surface area (Å²) in [5.74, 6) is -0.778. The molecule has 182 valence electrons. The molecular weight excluding hydrogens is 509 g/mol. The summed E-state index contributed by atoms with van der Waals surface area (Å²) in [5, 5.41) is 11.8. The SMILES string of the molecule is N#CC1(NC(=O)[C@@H]2C[C@@H](S(=O)(=O)c3ccccc3Cl)CN2C(=O)C2(c3ccc(Cl)cc3)CC2)CC1. The van der Waals surface area contributed by atoms with Gasteiger partial charge in [0.25, 0.3) is 0 Å². The quantitative estimate of drug-likeness (QED) is 0.612. The number of rotatable bonds is 6. The minimum absolute atomic E-state index is 0.0188. The van der Waals surface area contributed by atoms with Crippen molar-refractivity contribution >= 4 is 44.9 Å². The molecule has 1 N–H and O–H groups in total. The van der Waals surface area contributed by atoms with E-state index in [2.05, 4.69) is 11.4 Å². The van der Waals surface area contributed by atoms with E-state index in [-0.39, 0.29) is 28.8 Å². The van der Waals surface area contributed by atoms with Crippen LogP contribution in [-0.4, -0.2) is 48.5 Å². The van der Waals surface area contributed by atoms with E-state index in [1.165, 1.54) is 17.0 Å². The highest BCUT2D eigenvalue weighted by atomic mass is 35.5. The summed E-state index contributed by atoms with van der Waals surface area (Å²) in [7, 11) is -3.92. The number of likely N-dealkylation sites (tertiary alicyclic amines) is 1. The van der Waals surface area contributed by atoms with Crippen molar-refractivity contribution in [2.75, 3.05) is 6.54 Å². The Bertz CT molecular complexity index is 1350. The maximum absolute atomic E-state index is 13.9. The normalized spacial score (nSPS) is 23.9. The summed E-state index contributed by atoms with van der Waals surface area (Å²) < 4.78 is 27.0. The highest BCUT2D eigenvalue weighted by molar-refractivity contribution is 7.92. The molecule has 2 amide bonds. The van der Waals surface area contributed by atoms with Crippen LogP contribution >= 0.6 is 23.2 Å². The number of amides is 2. The fraction of sp³-hybridized carbons (Fsp3) is 0.400. The molecule has 3 aliphatic rings. The van der Waals surface area contributed by atoms with Crippen LogP contribution in [0, 0.1) is 11.3 Å². The van der Waals surface area contributed by atoms with Crippen molar-refractivity contribution < 1.29 is 18.0 Å². The van der Waals surface area contributed by atoms with Crippen molar-refractivity contribution in [1.82, 2.24) is 10.2 Å². The summed E-state index contributed by atoms with van der Waals surface area (Å²) in [6, 6.07) is 14.3. The third-order valence-electron chi connectivity index (χ3n) is 7.29. The monoisotopic (exact) mass is 531 g/mol. The van der Waals surface area contributed by atoms with Gasteiger partial charge in [-0.2, -0.15) is 5.26 Å². The molecular formula is C25H23Cl2N3O4S. The second-order valence-corrected chi connectivity index (χ2v) is 12.6. The highest BCUT2D eigenvalue weighted by Gasteiger charge is 2.58. The summed E-state index contributed by atoms with van der Waals surface area (Å²) >= 11 is 12.2. The fourth-order valence-electron chi connectivity index (χ4n) is 4.85. The minimum Gasteiger partial charge on any atom is -0.336 e. The van der Waals surface area contributed by atoms with Crippen molar-refractivity contribution in [3.8, 4) is 6.07 Å². The zero-order chi connectivity index (χ0) is 25.0. The molecule has 35 heavy (non-hydrogen) atoms. The van der Waals surface area contributed by atoms with Gasteiger partial charge in [-0.25, -0.2) is 8.42 Å². The van der Waals surface area contributed by atoms with Gasteiger partial charge in [-0.05, 0) is 61.9 Å². The number of nitriles is 1. The van der Waals surface area contributed by atoms with Crippen molar-refractivity contribution in [1.29, 1.82) is 5.26 Å². The molecule has 0 spiro atoms. The van der Waals surface area contributed by atoms with Crippen LogP contribution in [0.1, 0.15) is 37.7 Å². The van der Waals surface area contributed by atoms with Gasteiger partial charge >= 0.3 is 0 Å². The number of halogens is 2. The molecule has 1 saturated heterocycles. The Hall–Kier alpha value is -2.60. The molecule has 10 heteroatoms. The Balaban J connectivity index is 1.48. The number of benzene rings is 2. The van der Waals surface area contributed by atoms with E-state index in [1.54, 1.807) is 36.4 Å². The van der Waals surface area contributed by atoms with Crippen LogP contribution in [0.15, 0.2) is 53.4 Å². The van der Waals surface area contributed by atoms with Gasteiger partial charge in [0.2, 0.25) is 11.8 Å². The predicted octanol–water partition coefficient (Wildman–Crippen LogP) is 3.64. The third-order valence-corrected chi connectivity index (χ3v) is 10.2. The van der Waals surface area contributed by atoms with E-state index < -0.39 is 38.0 Å². The number of carbonyl (C=O) groups excluding carboxylic acids is 2. The Morgan fingerprint density at radius 3 is 2.26 bits per heavy atom. The number of hydrogen-bond donors (Lipinski definition) is 1. The lowest BCUT2D eigenvalue weighted by atomic mass is 9.94. The molecule has 5 rings (SSSR count). The van der Waals surface area contributed by atoms with E-state index >= 15 is 0 Å². The zero-order valence-corrected chi connectivity index (χ0v) is 21.0. The van der Waals surface area contributed by atoms with Crippen LogP contribution in [0.25, 0.3) is 0 Å². The van der Waals surface area contributed by atoms with Crippen LogP contribution in [0.5, 0.6) is 0 Å². The van der Waals surface area contributed by atoms with Crippen molar-refractivity contribution in [3.63, 3.8) is 0 Å². The van der Waals surface area contributed by atoms with Gasteiger partial charge in [-0.1, -0.05) is 47.5 Å². The van der Waals surface area contributed by atoms with E-state index in [0.717, 1.165) is 5.56 Å². The number of nitrogens with zero attached hydrogens (tertiary/aromatic N) is 2. The molecule has 3 fully saturated rings. The number of carbonyl (C=O) groups is 2. The minimum atomic E-state index is -3.92. The average Bonchev–Trinajstić information content (AvgIpc) is 3.76. The first-order chi connectivity index (χ1) is 16.6. The zero-order valence-electron chi connectivity index (χ0n) is 18.7. The lowest BCUT2D eigenvalue weighted by Gasteiger charge is -2.29. The number of nitrogens with one attached hydrogen (secondary N) is 1. The number of sulfone groups is 1. The predicted molar refractivity (Wildman–Crippen MR) is 131 cm³/mol. The van der Waals surface area contributed by atoms with Crippen molar-refractivity contribution in [2.24, 2.45) is 0 Å². The maximum Gasteiger partial charge on any atom is 0.244 e. The van der Waals surface area contributed by atoms with E-state index in [9.17, 15) is 23.3 Å². The molecule has 0 unspecified atom stereocenters. The first-order valence-electron chi connectivity index (χ1n) is 11.4. The molecule has 1 heterocycles. The van der Waals surface area contributed by atoms with Crippen LogP contribution in [0.2, 0.25) is 10.0 Å². The van der Waals surface area contributed by atoms with Crippen molar-refractivity contribution in [3.05, 3.63) is 64.1 Å². The summed E-state index contributed by atoms with van der Waals surface area (Å²) in [5.41, 5.74) is -0.948. The van der Waals surface area contributed by atoms with E-state index in [1.807, 2.05) is 0 Å². The van der Waals surface area contributed by atoms with Gasteiger partial charge in [0.1, 0.15) is 11.6 Å². The van der Waals surface area contributed by atoms with E-state index in [4.69, 9.17) is 23.2 Å². The Labute approximate surface area is 213 Å². The third kappa shape index (κ3) is 4.20. The molecule has 1 aliphatic heterocycles. The highest BCUT2D eigenvalue weighted by Crippen LogP contribution is 2.51. The van der Waals surface area contributed by atoms with Crippen LogP contribution < -0.4 is 5.32 Å². The average molecular weight is 532 g/mol. The molecule has 2 aliphatic carbocycles. The molecule has 2 saturated carbocycles. The first kappa shape index (κ1) is 24.1. The lowest BCUT2D eigenvalue weighted by Crippen LogP contribution is -2.51.